The average molecular weight is 588 g/mol. The molecule has 0 aliphatic heterocycles. The summed E-state index contributed by atoms with van der Waals surface area (Å²) in [6.07, 6.45) is 2.59. The molecular formula is C34H41N3O6. The highest BCUT2D eigenvalue weighted by Gasteiger charge is 2.21. The number of amides is 2. The van der Waals surface area contributed by atoms with Crippen LogP contribution in [0, 0.1) is 0 Å². The number of hydrogen-bond acceptors (Lipinski definition) is 7. The van der Waals surface area contributed by atoms with Crippen molar-refractivity contribution < 1.29 is 28.6 Å². The van der Waals surface area contributed by atoms with Crippen molar-refractivity contribution in [2.45, 2.75) is 78.4 Å². The molecule has 43 heavy (non-hydrogen) atoms. The Morgan fingerprint density at radius 2 is 1.14 bits per heavy atom. The third-order valence-electron chi connectivity index (χ3n) is 5.74. The van der Waals surface area contributed by atoms with Gasteiger partial charge in [0, 0.05) is 0 Å². The van der Waals surface area contributed by atoms with Gasteiger partial charge in [0.2, 0.25) is 5.96 Å². The van der Waals surface area contributed by atoms with E-state index in [4.69, 9.17) is 14.2 Å². The Morgan fingerprint density at radius 3 is 1.63 bits per heavy atom. The number of carbonyl (C=O) groups excluding carboxylic acids is 3. The number of nitrogens with zero attached hydrogens (tertiary/aromatic N) is 1. The van der Waals surface area contributed by atoms with Gasteiger partial charge >= 0.3 is 18.2 Å². The van der Waals surface area contributed by atoms with E-state index in [1.165, 1.54) is 11.1 Å². The van der Waals surface area contributed by atoms with E-state index < -0.39 is 29.4 Å². The molecule has 0 radical (unpaired) electrons. The Bertz CT molecular complexity index is 1360. The Balaban J connectivity index is 1.58. The molecule has 9 nitrogen and oxygen atoms in total. The fourth-order valence-electron chi connectivity index (χ4n) is 3.88. The maximum Gasteiger partial charge on any atom is 0.414 e. The molecule has 2 amide bonds. The summed E-state index contributed by atoms with van der Waals surface area (Å²) in [5, 5.41) is 4.84. The van der Waals surface area contributed by atoms with Gasteiger partial charge in [-0.25, -0.2) is 19.4 Å². The Labute approximate surface area is 253 Å². The van der Waals surface area contributed by atoms with Gasteiger partial charge in [-0.2, -0.15) is 0 Å². The molecule has 2 N–H and O–H groups in total. The normalized spacial score (nSPS) is 11.2. The first-order chi connectivity index (χ1) is 20.3. The molecule has 0 aromatic heterocycles. The Hall–Kier alpha value is -4.66. The van der Waals surface area contributed by atoms with Crippen LogP contribution in [-0.2, 0) is 22.3 Å². The summed E-state index contributed by atoms with van der Waals surface area (Å²) in [5.74, 6) is -0.269. The van der Waals surface area contributed by atoms with Crippen LogP contribution < -0.4 is 15.4 Å². The lowest BCUT2D eigenvalue weighted by Gasteiger charge is -2.22. The van der Waals surface area contributed by atoms with Crippen LogP contribution >= 0.6 is 0 Å². The average Bonchev–Trinajstić information content (AvgIpc) is 2.91. The number of nitrogens with one attached hydrogen (secondary N) is 2. The molecule has 9 heteroatoms. The molecule has 3 aromatic rings. The molecule has 0 fully saturated rings. The molecule has 0 spiro atoms. The van der Waals surface area contributed by atoms with E-state index in [2.05, 4.69) is 39.9 Å². The largest absolute Gasteiger partial charge is 0.444 e. The summed E-state index contributed by atoms with van der Waals surface area (Å²) < 4.78 is 16.1. The fraction of sp³-hybridized carbons (Fsp3) is 0.353. The highest BCUT2D eigenvalue weighted by atomic mass is 16.6. The van der Waals surface area contributed by atoms with Crippen molar-refractivity contribution in [2.24, 2.45) is 4.99 Å². The van der Waals surface area contributed by atoms with Crippen LogP contribution in [-0.4, -0.2) is 35.3 Å². The number of esters is 1. The number of hydrogen-bond donors (Lipinski definition) is 2. The minimum Gasteiger partial charge on any atom is -0.444 e. The van der Waals surface area contributed by atoms with Crippen LogP contribution in [0.4, 0.5) is 15.3 Å². The van der Waals surface area contributed by atoms with Gasteiger partial charge in [-0.1, -0.05) is 42.5 Å². The van der Waals surface area contributed by atoms with E-state index in [0.717, 1.165) is 25.7 Å². The smallest absolute Gasteiger partial charge is 0.414 e. The van der Waals surface area contributed by atoms with E-state index in [9.17, 15) is 14.4 Å². The lowest BCUT2D eigenvalue weighted by molar-refractivity contribution is 0.0544. The number of aliphatic imine (C=N–C) groups is 1. The third-order valence-corrected chi connectivity index (χ3v) is 5.74. The number of benzene rings is 3. The molecule has 228 valence electrons. The highest BCUT2D eigenvalue weighted by Crippen LogP contribution is 2.19. The van der Waals surface area contributed by atoms with Crippen LogP contribution in [0.15, 0.2) is 83.9 Å². The molecule has 0 saturated heterocycles. The van der Waals surface area contributed by atoms with E-state index >= 15 is 0 Å². The van der Waals surface area contributed by atoms with Crippen molar-refractivity contribution >= 4 is 29.8 Å². The first-order valence-corrected chi connectivity index (χ1v) is 14.3. The molecule has 0 atom stereocenters. The SMILES string of the molecule is CC(C)(C)OC(=O)NC(=Nc1ccc(C(=O)Oc2ccc(CCCCc3ccccc3)cc2)cc1)NC(=O)OC(C)(C)C. The first kappa shape index (κ1) is 32.8. The zero-order chi connectivity index (χ0) is 31.5. The Kier molecular flexibility index (Phi) is 11.5. The molecule has 0 aliphatic carbocycles. The summed E-state index contributed by atoms with van der Waals surface area (Å²) in [5.41, 5.74) is 1.68. The number of aryl methyl sites for hydroxylation is 2. The predicted octanol–water partition coefficient (Wildman–Crippen LogP) is 7.51. The van der Waals surface area contributed by atoms with Gasteiger partial charge in [-0.15, -0.1) is 0 Å². The van der Waals surface area contributed by atoms with Gasteiger partial charge in [0.15, 0.2) is 0 Å². The maximum atomic E-state index is 12.7. The second kappa shape index (κ2) is 15.0. The minimum absolute atomic E-state index is 0.195. The number of carbonyl (C=O) groups is 3. The summed E-state index contributed by atoms with van der Waals surface area (Å²) >= 11 is 0. The van der Waals surface area contributed by atoms with Gasteiger partial charge < -0.3 is 14.2 Å². The van der Waals surface area contributed by atoms with Crippen molar-refractivity contribution in [1.29, 1.82) is 0 Å². The second-order valence-electron chi connectivity index (χ2n) is 12.0. The van der Waals surface area contributed by atoms with Crippen molar-refractivity contribution in [1.82, 2.24) is 10.6 Å². The highest BCUT2D eigenvalue weighted by molar-refractivity contribution is 6.02. The van der Waals surface area contributed by atoms with Gasteiger partial charge in [0.1, 0.15) is 17.0 Å². The van der Waals surface area contributed by atoms with E-state index in [1.54, 1.807) is 77.9 Å². The quantitative estimate of drug-likeness (QED) is 0.0927. The van der Waals surface area contributed by atoms with E-state index in [1.807, 2.05) is 18.2 Å². The van der Waals surface area contributed by atoms with Crippen LogP contribution in [0.25, 0.3) is 0 Å². The molecule has 3 rings (SSSR count). The topological polar surface area (TPSA) is 115 Å². The number of unbranched alkanes of at least 4 members (excludes halogenated alkanes) is 1. The van der Waals surface area contributed by atoms with Crippen molar-refractivity contribution in [2.75, 3.05) is 0 Å². The van der Waals surface area contributed by atoms with E-state index in [0.29, 0.717) is 17.0 Å². The first-order valence-electron chi connectivity index (χ1n) is 14.3. The van der Waals surface area contributed by atoms with Crippen molar-refractivity contribution in [3.05, 3.63) is 95.6 Å². The molecule has 3 aromatic carbocycles. The van der Waals surface area contributed by atoms with Crippen molar-refractivity contribution in [3.63, 3.8) is 0 Å². The zero-order valence-electron chi connectivity index (χ0n) is 25.7. The second-order valence-corrected chi connectivity index (χ2v) is 12.0. The summed E-state index contributed by atoms with van der Waals surface area (Å²) in [4.78, 5) is 41.6. The van der Waals surface area contributed by atoms with Crippen LogP contribution in [0.5, 0.6) is 5.75 Å². The fourth-order valence-corrected chi connectivity index (χ4v) is 3.88. The van der Waals surface area contributed by atoms with Gasteiger partial charge in [-0.3, -0.25) is 10.6 Å². The van der Waals surface area contributed by atoms with Gasteiger partial charge in [0.05, 0.1) is 11.3 Å². The number of rotatable bonds is 8. The number of guanidine groups is 1. The minimum atomic E-state index is -0.805. The lowest BCUT2D eigenvalue weighted by Crippen LogP contribution is -2.47. The molecule has 0 unspecified atom stereocenters. The molecule has 0 bridgehead atoms. The monoisotopic (exact) mass is 587 g/mol. The molecular weight excluding hydrogens is 546 g/mol. The Morgan fingerprint density at radius 1 is 0.651 bits per heavy atom. The molecule has 0 saturated carbocycles. The number of alkyl carbamates (subject to hydrolysis) is 2. The molecule has 0 heterocycles. The van der Waals surface area contributed by atoms with Gasteiger partial charge in [-0.05, 0) is 115 Å². The predicted molar refractivity (Wildman–Crippen MR) is 167 cm³/mol. The van der Waals surface area contributed by atoms with Gasteiger partial charge in [0.25, 0.3) is 0 Å². The van der Waals surface area contributed by atoms with Crippen molar-refractivity contribution in [3.8, 4) is 5.75 Å². The number of ether oxygens (including phenoxy) is 3. The third kappa shape index (κ3) is 12.8. The van der Waals surface area contributed by atoms with Crippen LogP contribution in [0.2, 0.25) is 0 Å². The maximum absolute atomic E-state index is 12.7. The lowest BCUT2D eigenvalue weighted by atomic mass is 10.0. The zero-order valence-corrected chi connectivity index (χ0v) is 25.7. The molecule has 0 aliphatic rings. The van der Waals surface area contributed by atoms with E-state index in [-0.39, 0.29) is 5.96 Å². The summed E-state index contributed by atoms with van der Waals surface area (Å²) in [6, 6.07) is 24.2. The summed E-state index contributed by atoms with van der Waals surface area (Å²) in [6.45, 7) is 10.3. The summed E-state index contributed by atoms with van der Waals surface area (Å²) in [7, 11) is 0. The van der Waals surface area contributed by atoms with Crippen LogP contribution in [0.1, 0.15) is 75.9 Å². The standard InChI is InChI=1S/C34H41N3O6/c1-33(2,3)42-31(39)36-30(37-32(40)43-34(4,5)6)35-27-20-18-26(19-21-27)29(38)41-28-22-16-25(17-23-28)15-11-10-14-24-12-8-7-9-13-24/h7-9,12-13,16-23H,10-11,14-15H2,1-6H3,(H2,35,36,37,39,40). The van der Waals surface area contributed by atoms with Crippen LogP contribution in [0.3, 0.4) is 0 Å².